The molecule has 0 bridgehead atoms. The number of hydrogen-bond donors (Lipinski definition) is 5. The van der Waals surface area contributed by atoms with Gasteiger partial charge in [-0.15, -0.1) is 0 Å². The predicted octanol–water partition coefficient (Wildman–Crippen LogP) is -1.28. The maximum Gasteiger partial charge on any atom is 0.231 e. The van der Waals surface area contributed by atoms with Crippen molar-refractivity contribution in [3.63, 3.8) is 0 Å². The van der Waals surface area contributed by atoms with Gasteiger partial charge in [-0.05, 0) is 38.9 Å². The van der Waals surface area contributed by atoms with Gasteiger partial charge in [0.1, 0.15) is 0 Å². The fourth-order valence-electron chi connectivity index (χ4n) is 1.78. The van der Waals surface area contributed by atoms with Gasteiger partial charge in [0.2, 0.25) is 17.8 Å². The molecule has 0 radical (unpaired) electrons. The lowest BCUT2D eigenvalue weighted by Gasteiger charge is -2.22. The summed E-state index contributed by atoms with van der Waals surface area (Å²) < 4.78 is 0. The fraction of sp³-hybridized carbons (Fsp3) is 0.750. The van der Waals surface area contributed by atoms with Crippen molar-refractivity contribution in [2.45, 2.75) is 19.3 Å². The molecule has 0 amide bonds. The molecule has 0 atom stereocenters. The van der Waals surface area contributed by atoms with Crippen molar-refractivity contribution in [1.29, 1.82) is 0 Å². The Morgan fingerprint density at radius 1 is 0.857 bits per heavy atom. The van der Waals surface area contributed by atoms with Crippen molar-refractivity contribution in [2.75, 3.05) is 55.2 Å². The zero-order chi connectivity index (χ0) is 15.5. The maximum absolute atomic E-state index is 5.76. The molecule has 9 nitrogen and oxygen atoms in total. The van der Waals surface area contributed by atoms with E-state index >= 15 is 0 Å². The Morgan fingerprint density at radius 2 is 1.48 bits per heavy atom. The number of rotatable bonds is 11. The minimum atomic E-state index is 0.195. The largest absolute Gasteiger partial charge is 0.368 e. The summed E-state index contributed by atoms with van der Waals surface area (Å²) in [5.74, 6) is 1.22. The molecule has 1 heterocycles. The molecule has 1 aromatic rings. The van der Waals surface area contributed by atoms with E-state index in [2.05, 4.69) is 20.3 Å². The van der Waals surface area contributed by atoms with Gasteiger partial charge >= 0.3 is 0 Å². The first-order valence-corrected chi connectivity index (χ1v) is 7.31. The van der Waals surface area contributed by atoms with Crippen LogP contribution in [-0.2, 0) is 0 Å². The van der Waals surface area contributed by atoms with E-state index in [-0.39, 0.29) is 5.95 Å². The lowest BCUT2D eigenvalue weighted by Crippen LogP contribution is -2.31. The second kappa shape index (κ2) is 10.1. The summed E-state index contributed by atoms with van der Waals surface area (Å²) >= 11 is 0. The molecule has 0 aliphatic heterocycles. The average Bonchev–Trinajstić information content (AvgIpc) is 2.47. The van der Waals surface area contributed by atoms with E-state index in [1.807, 2.05) is 4.90 Å². The maximum atomic E-state index is 5.76. The van der Waals surface area contributed by atoms with Crippen molar-refractivity contribution >= 4 is 17.8 Å². The molecule has 120 valence electrons. The van der Waals surface area contributed by atoms with Crippen LogP contribution in [0.2, 0.25) is 0 Å². The summed E-state index contributed by atoms with van der Waals surface area (Å²) in [5.41, 5.74) is 22.4. The Kier molecular flexibility index (Phi) is 8.32. The normalized spacial score (nSPS) is 10.6. The summed E-state index contributed by atoms with van der Waals surface area (Å²) in [5, 5.41) is 3.10. The minimum Gasteiger partial charge on any atom is -0.368 e. The lowest BCUT2D eigenvalue weighted by atomic mass is 10.3. The highest BCUT2D eigenvalue weighted by Gasteiger charge is 2.12. The first kappa shape index (κ1) is 17.3. The Bertz CT molecular complexity index is 390. The monoisotopic (exact) mass is 297 g/mol. The van der Waals surface area contributed by atoms with E-state index in [0.717, 1.165) is 32.4 Å². The first-order valence-electron chi connectivity index (χ1n) is 7.31. The summed E-state index contributed by atoms with van der Waals surface area (Å²) in [4.78, 5) is 14.7. The quantitative estimate of drug-likeness (QED) is 0.313. The van der Waals surface area contributed by atoms with Crippen molar-refractivity contribution in [2.24, 2.45) is 17.2 Å². The molecule has 0 aliphatic rings. The van der Waals surface area contributed by atoms with E-state index in [1.54, 1.807) is 0 Å². The topological polar surface area (TPSA) is 158 Å². The van der Waals surface area contributed by atoms with Crippen molar-refractivity contribution in [3.05, 3.63) is 0 Å². The second-order valence-corrected chi connectivity index (χ2v) is 4.66. The van der Waals surface area contributed by atoms with E-state index in [4.69, 9.17) is 22.9 Å². The van der Waals surface area contributed by atoms with Gasteiger partial charge in [0.15, 0.2) is 0 Å². The first-order chi connectivity index (χ1) is 10.2. The van der Waals surface area contributed by atoms with E-state index < -0.39 is 0 Å². The number of hydrogen-bond acceptors (Lipinski definition) is 9. The van der Waals surface area contributed by atoms with Gasteiger partial charge in [0.25, 0.3) is 0 Å². The highest BCUT2D eigenvalue weighted by atomic mass is 15.3. The van der Waals surface area contributed by atoms with Crippen LogP contribution in [0.25, 0.3) is 0 Å². The SMILES string of the molecule is NCCCNc1nc(N)nc(N(CCCN)CCCN)n1. The van der Waals surface area contributed by atoms with Crippen LogP contribution in [0, 0.1) is 0 Å². The molecule has 0 fully saturated rings. The Balaban J connectivity index is 2.79. The third-order valence-corrected chi connectivity index (χ3v) is 2.85. The second-order valence-electron chi connectivity index (χ2n) is 4.66. The number of nitrogen functional groups attached to an aromatic ring is 1. The van der Waals surface area contributed by atoms with Crippen LogP contribution in [-0.4, -0.2) is 54.2 Å². The molecule has 1 aromatic heterocycles. The molecule has 9 heteroatoms. The molecule has 0 saturated heterocycles. The van der Waals surface area contributed by atoms with Crippen molar-refractivity contribution < 1.29 is 0 Å². The Hall–Kier alpha value is -1.71. The van der Waals surface area contributed by atoms with Crippen LogP contribution in [0.15, 0.2) is 0 Å². The third kappa shape index (κ3) is 6.52. The highest BCUT2D eigenvalue weighted by Crippen LogP contribution is 2.12. The van der Waals surface area contributed by atoms with Crippen molar-refractivity contribution in [1.82, 2.24) is 15.0 Å². The van der Waals surface area contributed by atoms with Gasteiger partial charge < -0.3 is 33.2 Å². The van der Waals surface area contributed by atoms with E-state index in [1.165, 1.54) is 0 Å². The minimum absolute atomic E-state index is 0.195. The van der Waals surface area contributed by atoms with Gasteiger partial charge in [-0.25, -0.2) is 0 Å². The van der Waals surface area contributed by atoms with Gasteiger partial charge in [-0.2, -0.15) is 15.0 Å². The molecule has 0 saturated carbocycles. The molecule has 1 rings (SSSR count). The molecule has 0 spiro atoms. The Labute approximate surface area is 125 Å². The summed E-state index contributed by atoms with van der Waals surface area (Å²) in [7, 11) is 0. The number of aromatic nitrogens is 3. The van der Waals surface area contributed by atoms with Crippen LogP contribution in [0.5, 0.6) is 0 Å². The van der Waals surface area contributed by atoms with E-state index in [9.17, 15) is 0 Å². The molecule has 0 unspecified atom stereocenters. The standard InChI is InChI=1S/C12H27N9/c13-4-1-7-17-11-18-10(16)19-12(20-11)21(8-2-5-14)9-3-6-15/h1-9,13-15H2,(H3,16,17,18,19,20). The number of nitrogens with two attached hydrogens (primary N) is 4. The van der Waals surface area contributed by atoms with Crippen LogP contribution in [0.3, 0.4) is 0 Å². The van der Waals surface area contributed by atoms with Gasteiger partial charge in [0.05, 0.1) is 0 Å². The average molecular weight is 297 g/mol. The fourth-order valence-corrected chi connectivity index (χ4v) is 1.78. The van der Waals surface area contributed by atoms with Gasteiger partial charge in [-0.1, -0.05) is 0 Å². The summed E-state index contributed by atoms with van der Waals surface area (Å²) in [6.45, 7) is 4.07. The number of nitrogens with one attached hydrogen (secondary N) is 1. The Morgan fingerprint density at radius 3 is 2.05 bits per heavy atom. The van der Waals surface area contributed by atoms with Crippen LogP contribution in [0.4, 0.5) is 17.8 Å². The van der Waals surface area contributed by atoms with Crippen LogP contribution >= 0.6 is 0 Å². The van der Waals surface area contributed by atoms with Gasteiger partial charge in [0, 0.05) is 19.6 Å². The number of anilines is 3. The highest BCUT2D eigenvalue weighted by molar-refractivity contribution is 5.41. The lowest BCUT2D eigenvalue weighted by molar-refractivity contribution is 0.683. The molecule has 0 aromatic carbocycles. The number of nitrogens with zero attached hydrogens (tertiary/aromatic N) is 4. The third-order valence-electron chi connectivity index (χ3n) is 2.85. The molecule has 21 heavy (non-hydrogen) atoms. The van der Waals surface area contributed by atoms with Crippen molar-refractivity contribution in [3.8, 4) is 0 Å². The van der Waals surface area contributed by atoms with E-state index in [0.29, 0.717) is 38.1 Å². The molecule has 9 N–H and O–H groups in total. The summed E-state index contributed by atoms with van der Waals surface area (Å²) in [6.07, 6.45) is 2.54. The predicted molar refractivity (Wildman–Crippen MR) is 86.0 cm³/mol. The summed E-state index contributed by atoms with van der Waals surface area (Å²) in [6, 6.07) is 0. The smallest absolute Gasteiger partial charge is 0.231 e. The molecule has 0 aliphatic carbocycles. The zero-order valence-electron chi connectivity index (χ0n) is 12.5. The van der Waals surface area contributed by atoms with Crippen LogP contribution < -0.4 is 33.2 Å². The molecular weight excluding hydrogens is 270 g/mol. The zero-order valence-corrected chi connectivity index (χ0v) is 12.5. The molecular formula is C12H27N9. The van der Waals surface area contributed by atoms with Crippen LogP contribution in [0.1, 0.15) is 19.3 Å². The van der Waals surface area contributed by atoms with Gasteiger partial charge in [-0.3, -0.25) is 0 Å².